The van der Waals surface area contributed by atoms with Crippen molar-refractivity contribution in [3.63, 3.8) is 0 Å². The van der Waals surface area contributed by atoms with E-state index in [0.717, 1.165) is 18.0 Å². The van der Waals surface area contributed by atoms with Crippen molar-refractivity contribution in [2.45, 2.75) is 40.0 Å². The third kappa shape index (κ3) is 3.14. The van der Waals surface area contributed by atoms with Crippen LogP contribution >= 0.6 is 0 Å². The zero-order valence-corrected chi connectivity index (χ0v) is 9.50. The van der Waals surface area contributed by atoms with Crippen LogP contribution in [0.15, 0.2) is 10.7 Å². The Balaban J connectivity index is 2.69. The van der Waals surface area contributed by atoms with Gasteiger partial charge in [0, 0.05) is 18.9 Å². The molecule has 1 heterocycles. The number of rotatable bonds is 3. The minimum absolute atomic E-state index is 0.216. The fraction of sp³-hybridized carbons (Fsp3) is 0.727. The van der Waals surface area contributed by atoms with Crippen molar-refractivity contribution in [1.29, 1.82) is 0 Å². The Morgan fingerprint density at radius 2 is 2.14 bits per heavy atom. The first kappa shape index (κ1) is 11.2. The van der Waals surface area contributed by atoms with Crippen LogP contribution in [0.25, 0.3) is 0 Å². The SMILES string of the molecule is CC(CN)c1coc(CC(C)(C)C)n1. The zero-order valence-electron chi connectivity index (χ0n) is 9.50. The second-order valence-corrected chi connectivity index (χ2v) is 5.04. The maximum absolute atomic E-state index is 5.56. The van der Waals surface area contributed by atoms with Crippen molar-refractivity contribution >= 4 is 0 Å². The molecule has 0 radical (unpaired) electrons. The summed E-state index contributed by atoms with van der Waals surface area (Å²) in [5.41, 5.74) is 6.74. The smallest absolute Gasteiger partial charge is 0.194 e. The van der Waals surface area contributed by atoms with Crippen molar-refractivity contribution in [3.05, 3.63) is 17.8 Å². The van der Waals surface area contributed by atoms with Crippen molar-refractivity contribution in [1.82, 2.24) is 4.98 Å². The number of aromatic nitrogens is 1. The molecule has 0 bridgehead atoms. The molecule has 2 N–H and O–H groups in total. The Bertz CT molecular complexity index is 286. The number of oxazole rings is 1. The van der Waals surface area contributed by atoms with Gasteiger partial charge in [-0.1, -0.05) is 27.7 Å². The van der Waals surface area contributed by atoms with Gasteiger partial charge in [-0.25, -0.2) is 4.98 Å². The van der Waals surface area contributed by atoms with Crippen molar-refractivity contribution in [2.24, 2.45) is 11.1 Å². The summed E-state index contributed by atoms with van der Waals surface area (Å²) in [4.78, 5) is 4.42. The maximum atomic E-state index is 5.56. The Kier molecular flexibility index (Phi) is 3.32. The van der Waals surface area contributed by atoms with E-state index in [1.165, 1.54) is 0 Å². The van der Waals surface area contributed by atoms with Gasteiger partial charge in [0.1, 0.15) is 6.26 Å². The molecule has 1 rings (SSSR count). The van der Waals surface area contributed by atoms with Crippen LogP contribution in [0.2, 0.25) is 0 Å². The van der Waals surface area contributed by atoms with Gasteiger partial charge < -0.3 is 10.2 Å². The fourth-order valence-corrected chi connectivity index (χ4v) is 1.21. The van der Waals surface area contributed by atoms with E-state index in [9.17, 15) is 0 Å². The summed E-state index contributed by atoms with van der Waals surface area (Å²) in [6.07, 6.45) is 2.59. The fourth-order valence-electron chi connectivity index (χ4n) is 1.21. The predicted molar refractivity (Wildman–Crippen MR) is 57.1 cm³/mol. The molecule has 0 fully saturated rings. The number of hydrogen-bond donors (Lipinski definition) is 1. The largest absolute Gasteiger partial charge is 0.449 e. The van der Waals surface area contributed by atoms with E-state index in [1.807, 2.05) is 0 Å². The molecule has 1 unspecified atom stereocenters. The van der Waals surface area contributed by atoms with E-state index in [1.54, 1.807) is 6.26 Å². The highest BCUT2D eigenvalue weighted by Gasteiger charge is 2.16. The van der Waals surface area contributed by atoms with Crippen LogP contribution in [-0.2, 0) is 6.42 Å². The second kappa shape index (κ2) is 4.13. The molecule has 14 heavy (non-hydrogen) atoms. The Labute approximate surface area is 85.7 Å². The number of nitrogens with zero attached hydrogens (tertiary/aromatic N) is 1. The molecule has 3 nitrogen and oxygen atoms in total. The summed E-state index contributed by atoms with van der Waals surface area (Å²) in [5.74, 6) is 1.10. The van der Waals surface area contributed by atoms with Crippen LogP contribution in [0.5, 0.6) is 0 Å². The summed E-state index contributed by atoms with van der Waals surface area (Å²) in [6, 6.07) is 0. The van der Waals surface area contributed by atoms with Crippen molar-refractivity contribution in [3.8, 4) is 0 Å². The first-order chi connectivity index (χ1) is 6.42. The van der Waals surface area contributed by atoms with E-state index in [2.05, 4.69) is 32.7 Å². The molecule has 0 saturated carbocycles. The number of nitrogens with two attached hydrogens (primary N) is 1. The Morgan fingerprint density at radius 1 is 1.50 bits per heavy atom. The standard InChI is InChI=1S/C11H20N2O/c1-8(6-12)9-7-14-10(13-9)5-11(2,3)4/h7-8H,5-6,12H2,1-4H3. The van der Waals surface area contributed by atoms with Crippen LogP contribution in [0, 0.1) is 5.41 Å². The zero-order chi connectivity index (χ0) is 10.8. The average molecular weight is 196 g/mol. The highest BCUT2D eigenvalue weighted by Crippen LogP contribution is 2.21. The molecule has 0 saturated heterocycles. The molecule has 1 atom stereocenters. The van der Waals surface area contributed by atoms with Gasteiger partial charge in [0.15, 0.2) is 5.89 Å². The van der Waals surface area contributed by atoms with Crippen LogP contribution < -0.4 is 5.73 Å². The third-order valence-electron chi connectivity index (χ3n) is 2.11. The lowest BCUT2D eigenvalue weighted by Crippen LogP contribution is -2.11. The van der Waals surface area contributed by atoms with E-state index in [0.29, 0.717) is 6.54 Å². The van der Waals surface area contributed by atoms with Gasteiger partial charge in [-0.15, -0.1) is 0 Å². The van der Waals surface area contributed by atoms with Crippen LogP contribution in [0.4, 0.5) is 0 Å². The topological polar surface area (TPSA) is 52.0 Å². The van der Waals surface area contributed by atoms with Crippen LogP contribution in [0.1, 0.15) is 45.2 Å². The summed E-state index contributed by atoms with van der Waals surface area (Å²) >= 11 is 0. The highest BCUT2D eigenvalue weighted by molar-refractivity contribution is 5.04. The van der Waals surface area contributed by atoms with Crippen molar-refractivity contribution < 1.29 is 4.42 Å². The van der Waals surface area contributed by atoms with Gasteiger partial charge in [-0.2, -0.15) is 0 Å². The molecule has 3 heteroatoms. The summed E-state index contributed by atoms with van der Waals surface area (Å²) in [7, 11) is 0. The van der Waals surface area contributed by atoms with Gasteiger partial charge in [-0.05, 0) is 5.41 Å². The molecular formula is C11H20N2O. The summed E-state index contributed by atoms with van der Waals surface area (Å²) in [6.45, 7) is 9.18. The maximum Gasteiger partial charge on any atom is 0.194 e. The van der Waals surface area contributed by atoms with Crippen LogP contribution in [-0.4, -0.2) is 11.5 Å². The van der Waals surface area contributed by atoms with Gasteiger partial charge in [-0.3, -0.25) is 0 Å². The van der Waals surface area contributed by atoms with E-state index in [-0.39, 0.29) is 11.3 Å². The lowest BCUT2D eigenvalue weighted by Gasteiger charge is -2.14. The monoisotopic (exact) mass is 196 g/mol. The first-order valence-corrected chi connectivity index (χ1v) is 5.07. The Morgan fingerprint density at radius 3 is 2.64 bits per heavy atom. The molecule has 0 spiro atoms. The van der Waals surface area contributed by atoms with Gasteiger partial charge in [0.05, 0.1) is 5.69 Å². The van der Waals surface area contributed by atoms with Gasteiger partial charge >= 0.3 is 0 Å². The van der Waals surface area contributed by atoms with E-state index in [4.69, 9.17) is 10.2 Å². The molecular weight excluding hydrogens is 176 g/mol. The van der Waals surface area contributed by atoms with Crippen molar-refractivity contribution in [2.75, 3.05) is 6.54 Å². The minimum atomic E-state index is 0.216. The molecule has 0 aromatic carbocycles. The second-order valence-electron chi connectivity index (χ2n) is 5.04. The normalized spacial score (nSPS) is 14.4. The van der Waals surface area contributed by atoms with Gasteiger partial charge in [0.2, 0.25) is 0 Å². The lowest BCUT2D eigenvalue weighted by molar-refractivity contribution is 0.354. The summed E-state index contributed by atoms with van der Waals surface area (Å²) < 4.78 is 5.40. The van der Waals surface area contributed by atoms with Crippen LogP contribution in [0.3, 0.4) is 0 Å². The third-order valence-corrected chi connectivity index (χ3v) is 2.11. The quantitative estimate of drug-likeness (QED) is 0.807. The van der Waals surface area contributed by atoms with Gasteiger partial charge in [0.25, 0.3) is 0 Å². The average Bonchev–Trinajstić information content (AvgIpc) is 2.48. The number of hydrogen-bond acceptors (Lipinski definition) is 3. The molecule has 0 aliphatic carbocycles. The first-order valence-electron chi connectivity index (χ1n) is 5.07. The van der Waals surface area contributed by atoms with E-state index >= 15 is 0 Å². The summed E-state index contributed by atoms with van der Waals surface area (Å²) in [5, 5.41) is 0. The predicted octanol–water partition coefficient (Wildman–Crippen LogP) is 2.33. The van der Waals surface area contributed by atoms with E-state index < -0.39 is 0 Å². The molecule has 80 valence electrons. The minimum Gasteiger partial charge on any atom is -0.449 e. The Hall–Kier alpha value is -0.830. The molecule has 0 amide bonds. The highest BCUT2D eigenvalue weighted by atomic mass is 16.3. The lowest BCUT2D eigenvalue weighted by atomic mass is 9.92. The molecule has 1 aromatic rings. The molecule has 1 aromatic heterocycles. The molecule has 0 aliphatic heterocycles. The molecule has 0 aliphatic rings.